The van der Waals surface area contributed by atoms with E-state index in [9.17, 15) is 4.79 Å². The molecule has 30 heavy (non-hydrogen) atoms. The molecule has 0 aliphatic heterocycles. The molecule has 0 aliphatic rings. The summed E-state index contributed by atoms with van der Waals surface area (Å²) in [6.45, 7) is 6.42. The van der Waals surface area contributed by atoms with Gasteiger partial charge in [0.25, 0.3) is 0 Å². The van der Waals surface area contributed by atoms with Crippen LogP contribution in [-0.4, -0.2) is 34.1 Å². The van der Waals surface area contributed by atoms with Crippen LogP contribution in [0.5, 0.6) is 5.75 Å². The Hall–Kier alpha value is -3.12. The summed E-state index contributed by atoms with van der Waals surface area (Å²) >= 11 is 0. The molecule has 1 atom stereocenters. The van der Waals surface area contributed by atoms with Crippen LogP contribution in [0.2, 0.25) is 0 Å². The van der Waals surface area contributed by atoms with Crippen molar-refractivity contribution in [3.8, 4) is 5.75 Å². The largest absolute Gasteiger partial charge is 0.489 e. The lowest BCUT2D eigenvalue weighted by molar-refractivity contribution is -0.137. The first-order valence-corrected chi connectivity index (χ1v) is 10.2. The van der Waals surface area contributed by atoms with Gasteiger partial charge in [-0.3, -0.25) is 9.48 Å². The minimum Gasteiger partial charge on any atom is -0.489 e. The highest BCUT2D eigenvalue weighted by atomic mass is 16.5. The molecule has 1 aromatic heterocycles. The van der Waals surface area contributed by atoms with Crippen molar-refractivity contribution in [3.63, 3.8) is 0 Å². The second-order valence-corrected chi connectivity index (χ2v) is 7.05. The van der Waals surface area contributed by atoms with Gasteiger partial charge in [0.15, 0.2) is 0 Å². The molecule has 0 radical (unpaired) electrons. The van der Waals surface area contributed by atoms with Gasteiger partial charge in [0.1, 0.15) is 12.4 Å². The van der Waals surface area contributed by atoms with E-state index < -0.39 is 5.97 Å². The van der Waals surface area contributed by atoms with Gasteiger partial charge in [-0.2, -0.15) is 5.10 Å². The van der Waals surface area contributed by atoms with Crippen LogP contribution in [0.1, 0.15) is 37.3 Å². The maximum Gasteiger partial charge on any atom is 0.304 e. The molecule has 0 bridgehead atoms. The van der Waals surface area contributed by atoms with Crippen molar-refractivity contribution >= 4 is 16.9 Å². The number of nitrogens with zero attached hydrogens (tertiary/aromatic N) is 2. The van der Waals surface area contributed by atoms with Crippen molar-refractivity contribution in [2.45, 2.75) is 39.3 Å². The van der Waals surface area contributed by atoms with Crippen molar-refractivity contribution in [1.29, 1.82) is 0 Å². The third-order valence-electron chi connectivity index (χ3n) is 4.89. The van der Waals surface area contributed by atoms with E-state index in [2.05, 4.69) is 17.2 Å². The van der Waals surface area contributed by atoms with Crippen LogP contribution in [0, 0.1) is 0 Å². The number of hydrogen-bond donors (Lipinski definition) is 1. The minimum absolute atomic E-state index is 0.0722. The lowest BCUT2D eigenvalue weighted by atomic mass is 9.95. The Kier molecular flexibility index (Phi) is 7.63. The number of fused-ring (bicyclic) bond motifs is 1. The molecule has 3 rings (SSSR count). The Morgan fingerprint density at radius 2 is 2.03 bits per heavy atom. The second kappa shape index (κ2) is 10.6. The summed E-state index contributed by atoms with van der Waals surface area (Å²) in [6.07, 6.45) is 5.73. The third kappa shape index (κ3) is 5.70. The van der Waals surface area contributed by atoms with Crippen molar-refractivity contribution in [3.05, 3.63) is 71.9 Å². The summed E-state index contributed by atoms with van der Waals surface area (Å²) in [7, 11) is 0. The minimum atomic E-state index is -0.810. The molecule has 3 aromatic rings. The molecule has 0 fully saturated rings. The fourth-order valence-corrected chi connectivity index (χ4v) is 3.40. The van der Waals surface area contributed by atoms with E-state index in [0.717, 1.165) is 34.3 Å². The SMILES string of the molecule is CC=C[C@H](CC(=O)O)c1ccc(OCc2ccc3c(cnn3CCOCC)c2)cc1. The number of ether oxygens (including phenoxy) is 2. The first-order chi connectivity index (χ1) is 14.6. The molecule has 2 aromatic carbocycles. The van der Waals surface area contributed by atoms with Crippen LogP contribution in [0.4, 0.5) is 0 Å². The van der Waals surface area contributed by atoms with E-state index in [4.69, 9.17) is 14.6 Å². The van der Waals surface area contributed by atoms with Crippen molar-refractivity contribution in [2.75, 3.05) is 13.2 Å². The first-order valence-electron chi connectivity index (χ1n) is 10.2. The topological polar surface area (TPSA) is 73.6 Å². The molecule has 0 aliphatic carbocycles. The Morgan fingerprint density at radius 3 is 2.73 bits per heavy atom. The summed E-state index contributed by atoms with van der Waals surface area (Å²) in [5.74, 6) is -0.195. The van der Waals surface area contributed by atoms with Crippen LogP contribution in [0.15, 0.2) is 60.8 Å². The van der Waals surface area contributed by atoms with Gasteiger partial charge in [-0.25, -0.2) is 0 Å². The number of hydrogen-bond acceptors (Lipinski definition) is 4. The average molecular weight is 408 g/mol. The predicted octanol–water partition coefficient (Wildman–Crippen LogP) is 4.79. The summed E-state index contributed by atoms with van der Waals surface area (Å²) in [5, 5.41) is 14.6. The molecule has 6 nitrogen and oxygen atoms in total. The zero-order chi connectivity index (χ0) is 21.3. The van der Waals surface area contributed by atoms with Crippen molar-refractivity contribution < 1.29 is 19.4 Å². The van der Waals surface area contributed by atoms with Crippen LogP contribution < -0.4 is 4.74 Å². The number of rotatable bonds is 11. The van der Waals surface area contributed by atoms with Crippen LogP contribution in [0.3, 0.4) is 0 Å². The van der Waals surface area contributed by atoms with E-state index >= 15 is 0 Å². The molecule has 0 saturated carbocycles. The van der Waals surface area contributed by atoms with E-state index in [1.807, 2.05) is 67.2 Å². The summed E-state index contributed by atoms with van der Waals surface area (Å²) < 4.78 is 13.3. The quantitative estimate of drug-likeness (QED) is 0.365. The van der Waals surface area contributed by atoms with E-state index in [1.54, 1.807) is 0 Å². The number of carboxylic acid groups (broad SMARTS) is 1. The molecular formula is C24H28N2O4. The molecule has 0 saturated heterocycles. The predicted molar refractivity (Wildman–Crippen MR) is 117 cm³/mol. The lowest BCUT2D eigenvalue weighted by Gasteiger charge is -2.12. The third-order valence-corrected chi connectivity index (χ3v) is 4.89. The Morgan fingerprint density at radius 1 is 1.23 bits per heavy atom. The molecule has 0 spiro atoms. The Bertz CT molecular complexity index is 992. The molecule has 1 N–H and O–H groups in total. The number of allylic oxidation sites excluding steroid dienone is 2. The molecule has 1 heterocycles. The second-order valence-electron chi connectivity index (χ2n) is 7.05. The van der Waals surface area contributed by atoms with Gasteiger partial charge in [0.05, 0.1) is 31.3 Å². The van der Waals surface area contributed by atoms with Crippen molar-refractivity contribution in [2.24, 2.45) is 0 Å². The summed E-state index contributed by atoms with van der Waals surface area (Å²) in [5.41, 5.74) is 3.11. The van der Waals surface area contributed by atoms with Gasteiger partial charge in [0, 0.05) is 17.9 Å². The number of benzene rings is 2. The van der Waals surface area contributed by atoms with E-state index in [-0.39, 0.29) is 12.3 Å². The number of carbonyl (C=O) groups is 1. The van der Waals surface area contributed by atoms with Gasteiger partial charge in [-0.1, -0.05) is 30.4 Å². The molecule has 6 heteroatoms. The highest BCUT2D eigenvalue weighted by Gasteiger charge is 2.12. The molecular weight excluding hydrogens is 380 g/mol. The highest BCUT2D eigenvalue weighted by molar-refractivity contribution is 5.79. The average Bonchev–Trinajstić information content (AvgIpc) is 3.14. The van der Waals surface area contributed by atoms with Crippen LogP contribution in [-0.2, 0) is 22.7 Å². The van der Waals surface area contributed by atoms with Gasteiger partial charge in [-0.15, -0.1) is 0 Å². The number of carboxylic acids is 1. The maximum absolute atomic E-state index is 11.1. The fourth-order valence-electron chi connectivity index (χ4n) is 3.40. The smallest absolute Gasteiger partial charge is 0.304 e. The zero-order valence-electron chi connectivity index (χ0n) is 17.5. The van der Waals surface area contributed by atoms with Gasteiger partial charge in [-0.05, 0) is 49.2 Å². The summed E-state index contributed by atoms with van der Waals surface area (Å²) in [6, 6.07) is 13.8. The standard InChI is InChI=1S/C24H28N2O4/c1-3-5-20(15-24(27)28)19-7-9-22(10-8-19)30-17-18-6-11-23-21(14-18)16-25-26(23)12-13-29-4-2/h3,5-11,14,16,20H,4,12-13,15,17H2,1-2H3,(H,27,28)/t20-/m1/s1. The molecule has 0 unspecified atom stereocenters. The van der Waals surface area contributed by atoms with Crippen LogP contribution in [0.25, 0.3) is 10.9 Å². The zero-order valence-corrected chi connectivity index (χ0v) is 17.5. The fraction of sp³-hybridized carbons (Fsp3) is 0.333. The number of aromatic nitrogens is 2. The Balaban J connectivity index is 1.62. The Labute approximate surface area is 176 Å². The molecule has 158 valence electrons. The first kappa shape index (κ1) is 21.6. The lowest BCUT2D eigenvalue weighted by Crippen LogP contribution is -2.07. The van der Waals surface area contributed by atoms with Gasteiger partial charge < -0.3 is 14.6 Å². The normalized spacial score (nSPS) is 12.5. The van der Waals surface area contributed by atoms with Crippen molar-refractivity contribution in [1.82, 2.24) is 9.78 Å². The van der Waals surface area contributed by atoms with Gasteiger partial charge in [0.2, 0.25) is 0 Å². The van der Waals surface area contributed by atoms with Crippen LogP contribution >= 0.6 is 0 Å². The summed E-state index contributed by atoms with van der Waals surface area (Å²) in [4.78, 5) is 11.1. The monoisotopic (exact) mass is 408 g/mol. The highest BCUT2D eigenvalue weighted by Crippen LogP contribution is 2.25. The van der Waals surface area contributed by atoms with E-state index in [1.165, 1.54) is 0 Å². The van der Waals surface area contributed by atoms with Gasteiger partial charge >= 0.3 is 5.97 Å². The molecule has 0 amide bonds. The van der Waals surface area contributed by atoms with E-state index in [0.29, 0.717) is 19.8 Å². The maximum atomic E-state index is 11.1. The number of aliphatic carboxylic acids is 1.